The molecule has 1 spiro atoms. The van der Waals surface area contributed by atoms with Gasteiger partial charge in [0.15, 0.2) is 5.03 Å². The van der Waals surface area contributed by atoms with Crippen molar-refractivity contribution in [3.8, 4) is 0 Å². The van der Waals surface area contributed by atoms with E-state index in [2.05, 4.69) is 5.10 Å². The summed E-state index contributed by atoms with van der Waals surface area (Å²) >= 11 is 0. The molecule has 2 saturated heterocycles. The molecule has 0 radical (unpaired) electrons. The summed E-state index contributed by atoms with van der Waals surface area (Å²) in [5, 5.41) is 4.19. The second-order valence-corrected chi connectivity index (χ2v) is 9.70. The first kappa shape index (κ1) is 19.8. The molecule has 0 saturated carbocycles. The fourth-order valence-electron chi connectivity index (χ4n) is 4.11. The third kappa shape index (κ3) is 2.94. The van der Waals surface area contributed by atoms with Crippen LogP contribution in [0.3, 0.4) is 0 Å². The molecule has 2 aliphatic rings. The van der Waals surface area contributed by atoms with Gasteiger partial charge in [-0.15, -0.1) is 0 Å². The van der Waals surface area contributed by atoms with Gasteiger partial charge in [-0.1, -0.05) is 13.8 Å². The highest BCUT2D eigenvalue weighted by atomic mass is 32.2. The Bertz CT molecular complexity index is 848. The fourth-order valence-corrected chi connectivity index (χ4v) is 5.85. The minimum atomic E-state index is -3.71. The Morgan fingerprint density at radius 3 is 2.26 bits per heavy atom. The molecule has 0 N–H and O–H groups in total. The standard InChI is InChI=1S/C17H27N5O4S/c1-12(2)11-22-16(24)19(4)15(23)17(22)6-8-21(9-7-17)27(25,26)14-13(3)10-18-20(14)5/h10,12H,6-9,11H2,1-5H3. The Morgan fingerprint density at radius 1 is 1.19 bits per heavy atom. The number of sulfonamides is 1. The molecule has 0 bridgehead atoms. The molecule has 27 heavy (non-hydrogen) atoms. The molecule has 0 atom stereocenters. The van der Waals surface area contributed by atoms with Crippen molar-refractivity contribution >= 4 is 22.0 Å². The molecular formula is C17H27N5O4S. The average molecular weight is 398 g/mol. The molecule has 2 aliphatic heterocycles. The van der Waals surface area contributed by atoms with E-state index in [-0.39, 0.29) is 36.0 Å². The number of piperidine rings is 1. The molecule has 1 aromatic heterocycles. The van der Waals surface area contributed by atoms with E-state index in [4.69, 9.17) is 0 Å². The maximum absolute atomic E-state index is 13.1. The van der Waals surface area contributed by atoms with Gasteiger partial charge in [0.2, 0.25) is 0 Å². The summed E-state index contributed by atoms with van der Waals surface area (Å²) in [6, 6.07) is -0.299. The van der Waals surface area contributed by atoms with E-state index in [1.807, 2.05) is 13.8 Å². The van der Waals surface area contributed by atoms with Gasteiger partial charge in [-0.25, -0.2) is 13.2 Å². The van der Waals surface area contributed by atoms with Crippen LogP contribution in [-0.2, 0) is 21.9 Å². The molecule has 2 fully saturated rings. The maximum Gasteiger partial charge on any atom is 0.327 e. The average Bonchev–Trinajstić information content (AvgIpc) is 3.02. The lowest BCUT2D eigenvalue weighted by Gasteiger charge is -2.42. The highest BCUT2D eigenvalue weighted by molar-refractivity contribution is 7.89. The van der Waals surface area contributed by atoms with Crippen molar-refractivity contribution in [1.82, 2.24) is 23.9 Å². The van der Waals surface area contributed by atoms with Crippen LogP contribution < -0.4 is 0 Å². The summed E-state index contributed by atoms with van der Waals surface area (Å²) in [4.78, 5) is 28.2. The Balaban J connectivity index is 1.87. The number of amides is 3. The second kappa shape index (κ2) is 6.59. The zero-order valence-electron chi connectivity index (χ0n) is 16.5. The summed E-state index contributed by atoms with van der Waals surface area (Å²) in [5.41, 5.74) is -0.352. The van der Waals surface area contributed by atoms with E-state index in [0.29, 0.717) is 24.9 Å². The molecule has 0 aliphatic carbocycles. The molecule has 3 heterocycles. The van der Waals surface area contributed by atoms with Gasteiger partial charge in [-0.05, 0) is 25.7 Å². The molecule has 9 nitrogen and oxygen atoms in total. The maximum atomic E-state index is 13.1. The molecule has 0 unspecified atom stereocenters. The van der Waals surface area contributed by atoms with Crippen LogP contribution in [0.25, 0.3) is 0 Å². The molecule has 3 amide bonds. The van der Waals surface area contributed by atoms with Crippen LogP contribution in [0.2, 0.25) is 0 Å². The van der Waals surface area contributed by atoms with Gasteiger partial charge in [-0.2, -0.15) is 9.40 Å². The van der Waals surface area contributed by atoms with Crippen molar-refractivity contribution in [1.29, 1.82) is 0 Å². The smallest absolute Gasteiger partial charge is 0.309 e. The predicted octanol–water partition coefficient (Wildman–Crippen LogP) is 0.802. The van der Waals surface area contributed by atoms with Gasteiger partial charge in [0.05, 0.1) is 6.20 Å². The SMILES string of the molecule is Cc1cnn(C)c1S(=O)(=O)N1CCC2(CC1)C(=O)N(C)C(=O)N2CC(C)C. The lowest BCUT2D eigenvalue weighted by molar-refractivity contribution is -0.134. The van der Waals surface area contributed by atoms with Gasteiger partial charge in [0.25, 0.3) is 15.9 Å². The van der Waals surface area contributed by atoms with Gasteiger partial charge < -0.3 is 4.90 Å². The number of hydrogen-bond donors (Lipinski definition) is 0. The van der Waals surface area contributed by atoms with Crippen molar-refractivity contribution < 1.29 is 18.0 Å². The zero-order chi connectivity index (χ0) is 20.1. The van der Waals surface area contributed by atoms with E-state index in [1.165, 1.54) is 22.2 Å². The van der Waals surface area contributed by atoms with Gasteiger partial charge in [0, 0.05) is 39.3 Å². The first-order valence-corrected chi connectivity index (χ1v) is 10.5. The quantitative estimate of drug-likeness (QED) is 0.701. The Labute approximate surface area is 159 Å². The Kier molecular flexibility index (Phi) is 4.84. The van der Waals surface area contributed by atoms with E-state index < -0.39 is 15.6 Å². The topological polar surface area (TPSA) is 95.8 Å². The third-order valence-electron chi connectivity index (χ3n) is 5.47. The van der Waals surface area contributed by atoms with Crippen molar-refractivity contribution in [3.63, 3.8) is 0 Å². The summed E-state index contributed by atoms with van der Waals surface area (Å²) in [6.07, 6.45) is 2.12. The Hall–Kier alpha value is -1.94. The molecule has 10 heteroatoms. The number of nitrogens with zero attached hydrogens (tertiary/aromatic N) is 5. The van der Waals surface area contributed by atoms with Crippen molar-refractivity contribution in [3.05, 3.63) is 11.8 Å². The first-order valence-electron chi connectivity index (χ1n) is 9.11. The monoisotopic (exact) mass is 397 g/mol. The van der Waals surface area contributed by atoms with Crippen molar-refractivity contribution in [2.75, 3.05) is 26.7 Å². The number of carbonyl (C=O) groups excluding carboxylic acids is 2. The minimum Gasteiger partial charge on any atom is -0.309 e. The number of aromatic nitrogens is 2. The first-order chi connectivity index (χ1) is 12.5. The lowest BCUT2D eigenvalue weighted by atomic mass is 9.86. The van der Waals surface area contributed by atoms with Crippen LogP contribution in [0.4, 0.5) is 4.79 Å². The number of hydrogen-bond acceptors (Lipinski definition) is 5. The van der Waals surface area contributed by atoms with Crippen LogP contribution in [-0.4, -0.2) is 76.5 Å². The van der Waals surface area contributed by atoms with Crippen LogP contribution in [0.15, 0.2) is 11.2 Å². The van der Waals surface area contributed by atoms with Crippen molar-refractivity contribution in [2.24, 2.45) is 13.0 Å². The summed E-state index contributed by atoms with van der Waals surface area (Å²) in [5.74, 6) is -0.0223. The highest BCUT2D eigenvalue weighted by Crippen LogP contribution is 2.38. The minimum absolute atomic E-state index is 0.170. The molecule has 1 aromatic rings. The van der Waals surface area contributed by atoms with Crippen LogP contribution in [0.5, 0.6) is 0 Å². The number of aryl methyl sites for hydroxylation is 2. The van der Waals surface area contributed by atoms with E-state index in [1.54, 1.807) is 18.9 Å². The van der Waals surface area contributed by atoms with E-state index in [0.717, 1.165) is 4.90 Å². The van der Waals surface area contributed by atoms with E-state index >= 15 is 0 Å². The van der Waals surface area contributed by atoms with Gasteiger partial charge >= 0.3 is 6.03 Å². The number of rotatable bonds is 4. The largest absolute Gasteiger partial charge is 0.327 e. The van der Waals surface area contributed by atoms with E-state index in [9.17, 15) is 18.0 Å². The number of urea groups is 1. The predicted molar refractivity (Wildman–Crippen MR) is 98.4 cm³/mol. The fraction of sp³-hybridized carbons (Fsp3) is 0.706. The normalized spacial score (nSPS) is 21.1. The lowest BCUT2D eigenvalue weighted by Crippen LogP contribution is -2.58. The van der Waals surface area contributed by atoms with Gasteiger partial charge in [-0.3, -0.25) is 14.4 Å². The molecular weight excluding hydrogens is 370 g/mol. The van der Waals surface area contributed by atoms with Gasteiger partial charge in [0.1, 0.15) is 5.54 Å². The molecule has 150 valence electrons. The summed E-state index contributed by atoms with van der Waals surface area (Å²) in [7, 11) is -0.610. The third-order valence-corrected chi connectivity index (χ3v) is 7.59. The number of imide groups is 1. The van der Waals surface area contributed by atoms with Crippen LogP contribution in [0.1, 0.15) is 32.3 Å². The molecule has 3 rings (SSSR count). The Morgan fingerprint density at radius 2 is 1.78 bits per heavy atom. The van der Waals surface area contributed by atoms with Crippen molar-refractivity contribution in [2.45, 2.75) is 44.2 Å². The second-order valence-electron chi connectivity index (χ2n) is 7.84. The highest BCUT2D eigenvalue weighted by Gasteiger charge is 2.57. The zero-order valence-corrected chi connectivity index (χ0v) is 17.3. The summed E-state index contributed by atoms with van der Waals surface area (Å²) in [6.45, 7) is 6.55. The van der Waals surface area contributed by atoms with Crippen LogP contribution >= 0.6 is 0 Å². The number of likely N-dealkylation sites (N-methyl/N-ethyl adjacent to an activating group) is 1. The number of carbonyl (C=O) groups is 2. The van der Waals surface area contributed by atoms with Crippen LogP contribution in [0, 0.1) is 12.8 Å². The molecule has 0 aromatic carbocycles. The summed E-state index contributed by atoms with van der Waals surface area (Å²) < 4.78 is 28.9.